The number of carbonyl (C=O) groups excluding carboxylic acids is 1. The van der Waals surface area contributed by atoms with Crippen molar-refractivity contribution in [1.29, 1.82) is 0 Å². The molecule has 0 N–H and O–H groups in total. The van der Waals surface area contributed by atoms with Crippen molar-refractivity contribution in [2.45, 2.75) is 6.92 Å². The Morgan fingerprint density at radius 1 is 1.29 bits per heavy atom. The van der Waals surface area contributed by atoms with Gasteiger partial charge in [-0.3, -0.25) is 4.79 Å². The molecule has 0 unspecified atom stereocenters. The lowest BCUT2D eigenvalue weighted by Gasteiger charge is -2.06. The summed E-state index contributed by atoms with van der Waals surface area (Å²) in [4.78, 5) is 12.0. The summed E-state index contributed by atoms with van der Waals surface area (Å²) >= 11 is 6.40. The molecule has 1 heterocycles. The van der Waals surface area contributed by atoms with Gasteiger partial charge in [-0.2, -0.15) is 9.78 Å². The van der Waals surface area contributed by atoms with Crippen LogP contribution in [0, 0.1) is 10.9 Å². The number of carbonyl (C=O) groups is 1. The first-order valence-electron chi connectivity index (χ1n) is 6.35. The molecule has 0 aliphatic rings. The molecule has 0 bridgehead atoms. The zero-order valence-corrected chi connectivity index (χ0v) is 12.9. The standard InChI is InChI=1S/C15H12N2O2S2/c1-10-16-17(15(20)21-10)14(18)9-19-13-7-6-11-4-2-3-5-12(11)8-13/h2-8H,9H2,1H3. The van der Waals surface area contributed by atoms with Crippen LogP contribution in [0.5, 0.6) is 5.75 Å². The quantitative estimate of drug-likeness (QED) is 0.688. The lowest BCUT2D eigenvalue weighted by molar-refractivity contribution is 0.0819. The highest BCUT2D eigenvalue weighted by Gasteiger charge is 2.10. The zero-order valence-electron chi connectivity index (χ0n) is 11.3. The van der Waals surface area contributed by atoms with E-state index in [1.807, 2.05) is 49.4 Å². The van der Waals surface area contributed by atoms with E-state index in [4.69, 9.17) is 17.0 Å². The van der Waals surface area contributed by atoms with Crippen molar-refractivity contribution in [3.8, 4) is 5.75 Å². The molecule has 1 aromatic heterocycles. The maximum absolute atomic E-state index is 12.0. The van der Waals surface area contributed by atoms with Gasteiger partial charge in [0, 0.05) is 0 Å². The van der Waals surface area contributed by atoms with Crippen LogP contribution < -0.4 is 4.74 Å². The molecular weight excluding hydrogens is 304 g/mol. The summed E-state index contributed by atoms with van der Waals surface area (Å²) in [7, 11) is 0. The van der Waals surface area contributed by atoms with Crippen molar-refractivity contribution < 1.29 is 9.53 Å². The van der Waals surface area contributed by atoms with E-state index >= 15 is 0 Å². The van der Waals surface area contributed by atoms with Crippen molar-refractivity contribution in [3.05, 3.63) is 51.4 Å². The van der Waals surface area contributed by atoms with E-state index in [0.29, 0.717) is 9.70 Å². The van der Waals surface area contributed by atoms with Gasteiger partial charge in [0.15, 0.2) is 10.6 Å². The Morgan fingerprint density at radius 2 is 2.05 bits per heavy atom. The number of hydrogen-bond donors (Lipinski definition) is 0. The minimum Gasteiger partial charge on any atom is -0.484 e. The van der Waals surface area contributed by atoms with Crippen LogP contribution in [-0.2, 0) is 0 Å². The highest BCUT2D eigenvalue weighted by atomic mass is 32.1. The molecule has 106 valence electrons. The molecule has 0 saturated heterocycles. The summed E-state index contributed by atoms with van der Waals surface area (Å²) in [6.45, 7) is 1.73. The topological polar surface area (TPSA) is 44.1 Å². The predicted molar refractivity (Wildman–Crippen MR) is 85.7 cm³/mol. The van der Waals surface area contributed by atoms with E-state index in [1.165, 1.54) is 16.0 Å². The zero-order chi connectivity index (χ0) is 14.8. The molecule has 0 aliphatic carbocycles. The van der Waals surface area contributed by atoms with Crippen molar-refractivity contribution in [1.82, 2.24) is 9.78 Å². The van der Waals surface area contributed by atoms with Crippen LogP contribution in [0.2, 0.25) is 0 Å². The van der Waals surface area contributed by atoms with Crippen molar-refractivity contribution in [2.24, 2.45) is 0 Å². The van der Waals surface area contributed by atoms with E-state index in [-0.39, 0.29) is 12.5 Å². The van der Waals surface area contributed by atoms with Gasteiger partial charge in [0.25, 0.3) is 5.91 Å². The first-order chi connectivity index (χ1) is 10.1. The molecule has 6 heteroatoms. The number of nitrogens with zero attached hydrogens (tertiary/aromatic N) is 2. The van der Waals surface area contributed by atoms with E-state index in [9.17, 15) is 4.79 Å². The van der Waals surface area contributed by atoms with Crippen LogP contribution in [0.3, 0.4) is 0 Å². The van der Waals surface area contributed by atoms with Gasteiger partial charge in [-0.25, -0.2) is 0 Å². The van der Waals surface area contributed by atoms with Gasteiger partial charge in [-0.15, -0.1) is 0 Å². The van der Waals surface area contributed by atoms with Crippen molar-refractivity contribution in [3.63, 3.8) is 0 Å². The Labute approximate surface area is 130 Å². The molecule has 0 saturated carbocycles. The molecule has 0 spiro atoms. The van der Waals surface area contributed by atoms with Crippen LogP contribution in [0.1, 0.15) is 9.80 Å². The van der Waals surface area contributed by atoms with Gasteiger partial charge in [-0.1, -0.05) is 41.7 Å². The van der Waals surface area contributed by atoms with Crippen molar-refractivity contribution in [2.75, 3.05) is 6.61 Å². The fourth-order valence-corrected chi connectivity index (χ4v) is 3.10. The molecule has 0 radical (unpaired) electrons. The first-order valence-corrected chi connectivity index (χ1v) is 7.57. The monoisotopic (exact) mass is 316 g/mol. The number of aryl methyl sites for hydroxylation is 1. The first kappa shape index (κ1) is 13.9. The summed E-state index contributed by atoms with van der Waals surface area (Å²) in [6, 6.07) is 13.7. The predicted octanol–water partition coefficient (Wildman–Crippen LogP) is 3.85. The Balaban J connectivity index is 1.75. The number of benzene rings is 2. The highest BCUT2D eigenvalue weighted by molar-refractivity contribution is 7.73. The third kappa shape index (κ3) is 3.01. The fourth-order valence-electron chi connectivity index (χ4n) is 1.99. The third-order valence-corrected chi connectivity index (χ3v) is 4.12. The number of ether oxygens (including phenoxy) is 1. The second-order valence-corrected chi connectivity index (χ2v) is 6.32. The third-order valence-electron chi connectivity index (χ3n) is 2.97. The van der Waals surface area contributed by atoms with E-state index < -0.39 is 0 Å². The Bertz CT molecular complexity index is 867. The Kier molecular flexibility index (Phi) is 3.81. The van der Waals surface area contributed by atoms with Gasteiger partial charge < -0.3 is 4.74 Å². The largest absolute Gasteiger partial charge is 0.484 e. The summed E-state index contributed by atoms with van der Waals surface area (Å²) in [6.07, 6.45) is 0. The molecular formula is C15H12N2O2S2. The molecule has 0 fully saturated rings. The fraction of sp³-hybridized carbons (Fsp3) is 0.133. The number of aromatic nitrogens is 2. The molecule has 3 aromatic rings. The second-order valence-electron chi connectivity index (χ2n) is 4.49. The normalized spacial score (nSPS) is 10.7. The lowest BCUT2D eigenvalue weighted by Crippen LogP contribution is -2.20. The van der Waals surface area contributed by atoms with Crippen LogP contribution in [-0.4, -0.2) is 22.3 Å². The van der Waals surface area contributed by atoms with Crippen LogP contribution in [0.15, 0.2) is 42.5 Å². The van der Waals surface area contributed by atoms with E-state index in [1.54, 1.807) is 0 Å². The number of rotatable bonds is 3. The maximum atomic E-state index is 12.0. The average molecular weight is 316 g/mol. The summed E-state index contributed by atoms with van der Waals surface area (Å²) in [5.41, 5.74) is 0. The number of fused-ring (bicyclic) bond motifs is 1. The molecule has 0 amide bonds. The molecule has 3 rings (SSSR count). The Morgan fingerprint density at radius 3 is 2.76 bits per heavy atom. The van der Waals surface area contributed by atoms with Gasteiger partial charge in [-0.05, 0) is 42.0 Å². The van der Waals surface area contributed by atoms with Crippen LogP contribution in [0.25, 0.3) is 10.8 Å². The Hall–Kier alpha value is -2.05. The maximum Gasteiger partial charge on any atom is 0.286 e. The minimum absolute atomic E-state index is 0.0875. The van der Waals surface area contributed by atoms with Crippen LogP contribution >= 0.6 is 23.6 Å². The highest BCUT2D eigenvalue weighted by Crippen LogP contribution is 2.20. The average Bonchev–Trinajstić information content (AvgIpc) is 2.83. The SMILES string of the molecule is Cc1nn(C(=O)COc2ccc3ccccc3c2)c(=S)s1. The molecule has 0 atom stereocenters. The van der Waals surface area contributed by atoms with Gasteiger partial charge in [0.1, 0.15) is 10.8 Å². The second kappa shape index (κ2) is 5.75. The lowest BCUT2D eigenvalue weighted by atomic mass is 10.1. The summed E-state index contributed by atoms with van der Waals surface area (Å²) < 4.78 is 7.21. The summed E-state index contributed by atoms with van der Waals surface area (Å²) in [5.74, 6) is 0.387. The van der Waals surface area contributed by atoms with Gasteiger partial charge >= 0.3 is 0 Å². The van der Waals surface area contributed by atoms with E-state index in [2.05, 4.69) is 5.10 Å². The number of hydrogen-bond acceptors (Lipinski definition) is 5. The molecule has 2 aromatic carbocycles. The molecule has 0 aliphatic heterocycles. The van der Waals surface area contributed by atoms with Crippen LogP contribution in [0.4, 0.5) is 0 Å². The molecule has 4 nitrogen and oxygen atoms in total. The van der Waals surface area contributed by atoms with E-state index in [0.717, 1.165) is 15.8 Å². The van der Waals surface area contributed by atoms with Gasteiger partial charge in [0.05, 0.1) is 0 Å². The minimum atomic E-state index is -0.266. The smallest absolute Gasteiger partial charge is 0.286 e. The summed E-state index contributed by atoms with van der Waals surface area (Å²) in [5, 5.41) is 7.04. The van der Waals surface area contributed by atoms with Gasteiger partial charge in [0.2, 0.25) is 0 Å². The molecule has 21 heavy (non-hydrogen) atoms. The van der Waals surface area contributed by atoms with Crippen molar-refractivity contribution >= 4 is 40.2 Å².